The Balaban J connectivity index is 1.54. The maximum atomic E-state index is 5.86. The Morgan fingerprint density at radius 1 is 0.806 bits per heavy atom. The van der Waals surface area contributed by atoms with Crippen LogP contribution in [0.2, 0.25) is 0 Å². The van der Waals surface area contributed by atoms with E-state index in [0.29, 0.717) is 6.54 Å². The smallest absolute Gasteiger partial charge is 0.0383 e. The van der Waals surface area contributed by atoms with Crippen LogP contribution in [0.15, 0.2) is 121 Å². The Bertz CT molecular complexity index is 1430. The molecule has 1 unspecified atom stereocenters. The van der Waals surface area contributed by atoms with E-state index in [1.54, 1.807) is 0 Å². The van der Waals surface area contributed by atoms with E-state index in [2.05, 4.69) is 135 Å². The van der Waals surface area contributed by atoms with Gasteiger partial charge in [-0.1, -0.05) is 118 Å². The summed E-state index contributed by atoms with van der Waals surface area (Å²) in [6.45, 7) is 7.50. The second kappa shape index (κ2) is 10.0. The molecule has 180 valence electrons. The monoisotopic (exact) mass is 470 g/mol. The van der Waals surface area contributed by atoms with E-state index in [9.17, 15) is 0 Å². The van der Waals surface area contributed by atoms with Crippen molar-refractivity contribution < 1.29 is 0 Å². The maximum absolute atomic E-state index is 5.86. The van der Waals surface area contributed by atoms with Crippen molar-refractivity contribution in [2.45, 2.75) is 38.6 Å². The molecule has 3 N–H and O–H groups in total. The van der Waals surface area contributed by atoms with Crippen molar-refractivity contribution in [3.8, 4) is 11.1 Å². The number of hydrogen-bond donors (Lipinski definition) is 2. The van der Waals surface area contributed by atoms with Crippen molar-refractivity contribution in [2.75, 3.05) is 5.32 Å². The third-order valence-corrected chi connectivity index (χ3v) is 7.34. The lowest BCUT2D eigenvalue weighted by atomic mass is 9.80. The van der Waals surface area contributed by atoms with Crippen molar-refractivity contribution in [3.63, 3.8) is 0 Å². The lowest BCUT2D eigenvalue weighted by Crippen LogP contribution is -2.16. The summed E-state index contributed by atoms with van der Waals surface area (Å²) in [6.07, 6.45) is 4.62. The first-order valence-corrected chi connectivity index (χ1v) is 12.7. The molecule has 4 aromatic carbocycles. The molecule has 0 heterocycles. The molecule has 0 saturated carbocycles. The molecule has 0 saturated heterocycles. The fraction of sp³-hybridized carbons (Fsp3) is 0.176. The number of nitrogens with two attached hydrogens (primary N) is 1. The molecule has 0 spiro atoms. The molecule has 0 radical (unpaired) electrons. The van der Waals surface area contributed by atoms with Gasteiger partial charge in [-0.3, -0.25) is 0 Å². The zero-order valence-electron chi connectivity index (χ0n) is 21.3. The molecule has 0 aliphatic heterocycles. The minimum Gasteiger partial charge on any atom is -0.361 e. The number of rotatable bonds is 6. The van der Waals surface area contributed by atoms with Gasteiger partial charge in [-0.25, -0.2) is 0 Å². The number of hydrogen-bond acceptors (Lipinski definition) is 2. The van der Waals surface area contributed by atoms with Gasteiger partial charge in [0.15, 0.2) is 0 Å². The van der Waals surface area contributed by atoms with Crippen molar-refractivity contribution in [1.29, 1.82) is 0 Å². The van der Waals surface area contributed by atoms with Crippen LogP contribution in [0.25, 0.3) is 16.7 Å². The third-order valence-electron chi connectivity index (χ3n) is 7.34. The van der Waals surface area contributed by atoms with Crippen LogP contribution in [0.5, 0.6) is 0 Å². The summed E-state index contributed by atoms with van der Waals surface area (Å²) in [5.74, 6) is 0.265. The Hall–Kier alpha value is -3.88. The van der Waals surface area contributed by atoms with Crippen molar-refractivity contribution in [2.24, 2.45) is 5.73 Å². The molecule has 2 nitrogen and oxygen atoms in total. The standard InChI is InChI=1S/C34H34N2/c1-24(27-14-10-15-28(21-27)26-12-5-4-6-13-26)19-33-31(23-36-29-16-9-11-25(20-29)22-35)30-17-7-8-18-32(30)34(33,2)3/h4-21,23-24,36H,22,35H2,1-3H3/b31-23-,33-19?. The Morgan fingerprint density at radius 2 is 1.53 bits per heavy atom. The number of anilines is 1. The van der Waals surface area contributed by atoms with E-state index in [1.165, 1.54) is 39.0 Å². The van der Waals surface area contributed by atoms with Crippen molar-refractivity contribution in [3.05, 3.63) is 143 Å². The highest BCUT2D eigenvalue weighted by Crippen LogP contribution is 2.50. The average Bonchev–Trinajstić information content (AvgIpc) is 3.14. The van der Waals surface area contributed by atoms with Crippen LogP contribution in [0, 0.1) is 0 Å². The highest BCUT2D eigenvalue weighted by molar-refractivity contribution is 5.90. The highest BCUT2D eigenvalue weighted by Gasteiger charge is 2.38. The first kappa shape index (κ1) is 23.8. The first-order chi connectivity index (χ1) is 17.5. The second-order valence-electron chi connectivity index (χ2n) is 10.1. The van der Waals surface area contributed by atoms with Crippen molar-refractivity contribution in [1.82, 2.24) is 0 Å². The van der Waals surface area contributed by atoms with E-state index in [-0.39, 0.29) is 11.3 Å². The number of fused-ring (bicyclic) bond motifs is 1. The zero-order valence-corrected chi connectivity index (χ0v) is 21.3. The van der Waals surface area contributed by atoms with Gasteiger partial charge in [-0.2, -0.15) is 0 Å². The van der Waals surface area contributed by atoms with Crippen molar-refractivity contribution >= 4 is 11.3 Å². The van der Waals surface area contributed by atoms with E-state index in [4.69, 9.17) is 5.73 Å². The van der Waals surface area contributed by atoms with Gasteiger partial charge in [0.2, 0.25) is 0 Å². The summed E-state index contributed by atoms with van der Waals surface area (Å²) >= 11 is 0. The Kier molecular flexibility index (Phi) is 6.63. The van der Waals surface area contributed by atoms with E-state index < -0.39 is 0 Å². The third kappa shape index (κ3) is 4.65. The number of nitrogens with one attached hydrogen (secondary N) is 1. The Morgan fingerprint density at radius 3 is 2.33 bits per heavy atom. The quantitative estimate of drug-likeness (QED) is 0.297. The lowest BCUT2D eigenvalue weighted by Gasteiger charge is -2.24. The molecular formula is C34H34N2. The largest absolute Gasteiger partial charge is 0.361 e. The summed E-state index contributed by atoms with van der Waals surface area (Å²) in [6, 6.07) is 36.6. The van der Waals surface area contributed by atoms with Gasteiger partial charge in [0.25, 0.3) is 0 Å². The molecule has 2 heteroatoms. The minimum absolute atomic E-state index is 0.0888. The first-order valence-electron chi connectivity index (χ1n) is 12.7. The summed E-state index contributed by atoms with van der Waals surface area (Å²) in [7, 11) is 0. The maximum Gasteiger partial charge on any atom is 0.0383 e. The number of allylic oxidation sites excluding steroid dienone is 3. The molecule has 0 fully saturated rings. The predicted octanol–water partition coefficient (Wildman–Crippen LogP) is 8.29. The SMILES string of the molecule is CC(C=C1/C(=C\Nc2cccc(CN)c2)c2ccccc2C1(C)C)c1cccc(-c2ccccc2)c1. The normalized spacial score (nSPS) is 17.2. The van der Waals surface area contributed by atoms with E-state index in [0.717, 1.165) is 11.3 Å². The molecule has 0 aromatic heterocycles. The molecule has 4 aromatic rings. The van der Waals surface area contributed by atoms with Gasteiger partial charge in [-0.05, 0) is 57.0 Å². The molecule has 0 bridgehead atoms. The van der Waals surface area contributed by atoms with Crippen LogP contribution < -0.4 is 11.1 Å². The van der Waals surface area contributed by atoms with E-state index >= 15 is 0 Å². The molecule has 36 heavy (non-hydrogen) atoms. The zero-order chi connectivity index (χ0) is 25.1. The number of benzene rings is 4. The van der Waals surface area contributed by atoms with Crippen LogP contribution in [0.1, 0.15) is 48.9 Å². The summed E-state index contributed by atoms with van der Waals surface area (Å²) in [5.41, 5.74) is 17.0. The van der Waals surface area contributed by atoms with Crippen LogP contribution in [0.4, 0.5) is 5.69 Å². The molecule has 1 atom stereocenters. The average molecular weight is 471 g/mol. The molecule has 1 aliphatic rings. The lowest BCUT2D eigenvalue weighted by molar-refractivity contribution is 0.654. The Labute approximate surface area is 215 Å². The summed E-state index contributed by atoms with van der Waals surface area (Å²) in [5, 5.41) is 3.56. The molecule has 1 aliphatic carbocycles. The molecule has 5 rings (SSSR count). The molecular weight excluding hydrogens is 436 g/mol. The summed E-state index contributed by atoms with van der Waals surface area (Å²) in [4.78, 5) is 0. The fourth-order valence-electron chi connectivity index (χ4n) is 5.27. The van der Waals surface area contributed by atoms with Gasteiger partial charge in [-0.15, -0.1) is 0 Å². The fourth-order valence-corrected chi connectivity index (χ4v) is 5.27. The van der Waals surface area contributed by atoms with Gasteiger partial charge in [0.05, 0.1) is 0 Å². The van der Waals surface area contributed by atoms with Gasteiger partial charge in [0.1, 0.15) is 0 Å². The second-order valence-corrected chi connectivity index (χ2v) is 10.1. The van der Waals surface area contributed by atoms with Gasteiger partial charge < -0.3 is 11.1 Å². The summed E-state index contributed by atoms with van der Waals surface area (Å²) < 4.78 is 0. The van der Waals surface area contributed by atoms with Crippen LogP contribution in [0.3, 0.4) is 0 Å². The van der Waals surface area contributed by atoms with Crippen LogP contribution >= 0.6 is 0 Å². The minimum atomic E-state index is -0.0888. The van der Waals surface area contributed by atoms with Crippen LogP contribution in [-0.4, -0.2) is 0 Å². The van der Waals surface area contributed by atoms with E-state index in [1.807, 2.05) is 6.07 Å². The van der Waals surface area contributed by atoms with Gasteiger partial charge in [0, 0.05) is 29.4 Å². The van der Waals surface area contributed by atoms with Crippen LogP contribution in [-0.2, 0) is 12.0 Å². The molecule has 0 amide bonds. The highest BCUT2D eigenvalue weighted by atomic mass is 14.8. The van der Waals surface area contributed by atoms with Gasteiger partial charge >= 0.3 is 0 Å². The predicted molar refractivity (Wildman–Crippen MR) is 154 cm³/mol. The topological polar surface area (TPSA) is 38.0 Å².